The minimum Gasteiger partial charge on any atom is -0.393 e. The molecule has 0 spiro atoms. The van der Waals surface area contributed by atoms with E-state index in [1.54, 1.807) is 5.57 Å². The summed E-state index contributed by atoms with van der Waals surface area (Å²) in [5.74, 6) is 2.11. The Balaban J connectivity index is 1.70. The van der Waals surface area contributed by atoms with Gasteiger partial charge < -0.3 is 15.3 Å². The number of allylic oxidation sites excluding steroid dienone is 3. The minimum absolute atomic E-state index is 0.374. The molecule has 3 rings (SSSR count). The molecule has 3 fully saturated rings. The van der Waals surface area contributed by atoms with Crippen LogP contribution in [0.1, 0.15) is 91.9 Å². The third-order valence-electron chi connectivity index (χ3n) is 8.44. The van der Waals surface area contributed by atoms with Gasteiger partial charge in [0.05, 0.1) is 17.8 Å². The highest BCUT2D eigenvalue weighted by Gasteiger charge is 2.50. The van der Waals surface area contributed by atoms with Gasteiger partial charge in [0.25, 0.3) is 0 Å². The smallest absolute Gasteiger partial charge is 0.0811 e. The lowest BCUT2D eigenvalue weighted by Gasteiger charge is -2.44. The zero-order valence-electron chi connectivity index (χ0n) is 19.7. The van der Waals surface area contributed by atoms with Crippen molar-refractivity contribution in [2.45, 2.75) is 110 Å². The molecule has 0 radical (unpaired) electrons. The van der Waals surface area contributed by atoms with Gasteiger partial charge in [0.15, 0.2) is 0 Å². The number of hydrogen-bond donors (Lipinski definition) is 3. The Labute approximate surface area is 184 Å². The average Bonchev–Trinajstić information content (AvgIpc) is 3.00. The van der Waals surface area contributed by atoms with Crippen molar-refractivity contribution >= 4 is 0 Å². The average molecular weight is 417 g/mol. The maximum absolute atomic E-state index is 10.1. The standard InChI is InChI=1S/C27H44O3/c1-18(8-6-14-26(3,4)30)23-12-13-24-20(9-7-15-27(23,24)5)10-11-21-16-22(28)17-25(29)19(21)2/h10-11,18,22-25,28-30H,2,6-9,12-17H2,1,3-5H3/b20-10+,21-11+/t18-,22+,23-,24+,25-,27-/m1/s1. The summed E-state index contributed by atoms with van der Waals surface area (Å²) < 4.78 is 0. The van der Waals surface area contributed by atoms with Crippen LogP contribution in [0.3, 0.4) is 0 Å². The molecular formula is C27H44O3. The lowest BCUT2D eigenvalue weighted by atomic mass is 9.60. The van der Waals surface area contributed by atoms with Crippen molar-refractivity contribution in [1.29, 1.82) is 0 Å². The molecule has 0 saturated heterocycles. The fourth-order valence-corrected chi connectivity index (χ4v) is 6.74. The number of hydrogen-bond acceptors (Lipinski definition) is 3. The maximum Gasteiger partial charge on any atom is 0.0811 e. The Kier molecular flexibility index (Phi) is 7.37. The first-order chi connectivity index (χ1) is 14.0. The van der Waals surface area contributed by atoms with Crippen LogP contribution in [-0.2, 0) is 0 Å². The van der Waals surface area contributed by atoms with E-state index >= 15 is 0 Å². The highest BCUT2D eigenvalue weighted by molar-refractivity contribution is 5.38. The molecule has 3 aliphatic carbocycles. The molecule has 3 N–H and O–H groups in total. The van der Waals surface area contributed by atoms with E-state index in [-0.39, 0.29) is 0 Å². The summed E-state index contributed by atoms with van der Waals surface area (Å²) in [5.41, 5.74) is 3.17. The summed E-state index contributed by atoms with van der Waals surface area (Å²) in [5, 5.41) is 30.2. The molecule has 0 amide bonds. The van der Waals surface area contributed by atoms with Crippen molar-refractivity contribution in [2.24, 2.45) is 23.2 Å². The van der Waals surface area contributed by atoms with E-state index in [9.17, 15) is 15.3 Å². The molecular weight excluding hydrogens is 372 g/mol. The largest absolute Gasteiger partial charge is 0.393 e. The van der Waals surface area contributed by atoms with Gasteiger partial charge in [-0.2, -0.15) is 0 Å². The van der Waals surface area contributed by atoms with Gasteiger partial charge in [-0.25, -0.2) is 0 Å². The predicted molar refractivity (Wildman–Crippen MR) is 124 cm³/mol. The van der Waals surface area contributed by atoms with Crippen LogP contribution in [0.2, 0.25) is 0 Å². The van der Waals surface area contributed by atoms with E-state index in [0.29, 0.717) is 30.1 Å². The molecule has 0 aromatic carbocycles. The molecule has 0 aliphatic heterocycles. The lowest BCUT2D eigenvalue weighted by Crippen LogP contribution is -2.36. The Morgan fingerprint density at radius 2 is 1.97 bits per heavy atom. The van der Waals surface area contributed by atoms with Crippen LogP contribution in [0.15, 0.2) is 35.5 Å². The molecule has 0 aromatic heterocycles. The van der Waals surface area contributed by atoms with Gasteiger partial charge in [0, 0.05) is 6.42 Å². The Morgan fingerprint density at radius 1 is 1.23 bits per heavy atom. The third kappa shape index (κ3) is 5.29. The first kappa shape index (κ1) is 23.8. The van der Waals surface area contributed by atoms with Crippen LogP contribution in [0.4, 0.5) is 0 Å². The number of rotatable bonds is 6. The molecule has 3 heteroatoms. The Bertz CT molecular complexity index is 683. The second-order valence-electron chi connectivity index (χ2n) is 11.3. The van der Waals surface area contributed by atoms with Gasteiger partial charge in [-0.05, 0) is 93.1 Å². The summed E-state index contributed by atoms with van der Waals surface area (Å²) in [4.78, 5) is 0. The van der Waals surface area contributed by atoms with E-state index < -0.39 is 17.8 Å². The second kappa shape index (κ2) is 9.30. The summed E-state index contributed by atoms with van der Waals surface area (Å²) in [6.07, 6.45) is 13.9. The molecule has 0 bridgehead atoms. The van der Waals surface area contributed by atoms with Crippen molar-refractivity contribution in [3.63, 3.8) is 0 Å². The zero-order valence-corrected chi connectivity index (χ0v) is 19.7. The molecule has 0 aromatic rings. The van der Waals surface area contributed by atoms with Crippen LogP contribution < -0.4 is 0 Å². The fourth-order valence-electron chi connectivity index (χ4n) is 6.74. The summed E-state index contributed by atoms with van der Waals surface area (Å²) in [6, 6.07) is 0. The highest BCUT2D eigenvalue weighted by atomic mass is 16.3. The van der Waals surface area contributed by atoms with Gasteiger partial charge in [-0.3, -0.25) is 0 Å². The van der Waals surface area contributed by atoms with Gasteiger partial charge in [0.2, 0.25) is 0 Å². The Hall–Kier alpha value is -0.900. The number of aliphatic hydroxyl groups is 3. The first-order valence-corrected chi connectivity index (χ1v) is 12.2. The van der Waals surface area contributed by atoms with Crippen LogP contribution in [0.5, 0.6) is 0 Å². The van der Waals surface area contributed by atoms with Gasteiger partial charge >= 0.3 is 0 Å². The van der Waals surface area contributed by atoms with Crippen LogP contribution in [0, 0.1) is 23.2 Å². The highest BCUT2D eigenvalue weighted by Crippen LogP contribution is 2.60. The molecule has 0 heterocycles. The van der Waals surface area contributed by atoms with Crippen molar-refractivity contribution in [1.82, 2.24) is 0 Å². The molecule has 6 atom stereocenters. The van der Waals surface area contributed by atoms with E-state index in [1.165, 1.54) is 38.5 Å². The van der Waals surface area contributed by atoms with Crippen LogP contribution in [-0.4, -0.2) is 33.1 Å². The van der Waals surface area contributed by atoms with E-state index in [2.05, 4.69) is 32.6 Å². The van der Waals surface area contributed by atoms with E-state index in [1.807, 2.05) is 13.8 Å². The van der Waals surface area contributed by atoms with Crippen molar-refractivity contribution in [3.05, 3.63) is 35.5 Å². The fraction of sp³-hybridized carbons (Fsp3) is 0.778. The zero-order chi connectivity index (χ0) is 22.1. The third-order valence-corrected chi connectivity index (χ3v) is 8.44. The molecule has 0 unspecified atom stereocenters. The predicted octanol–water partition coefficient (Wildman–Crippen LogP) is 5.70. The number of fused-ring (bicyclic) bond motifs is 1. The van der Waals surface area contributed by atoms with Crippen molar-refractivity contribution < 1.29 is 15.3 Å². The van der Waals surface area contributed by atoms with Crippen LogP contribution >= 0.6 is 0 Å². The second-order valence-corrected chi connectivity index (χ2v) is 11.3. The molecule has 3 nitrogen and oxygen atoms in total. The van der Waals surface area contributed by atoms with Gasteiger partial charge in [0.1, 0.15) is 0 Å². The summed E-state index contributed by atoms with van der Waals surface area (Å²) in [7, 11) is 0. The van der Waals surface area contributed by atoms with Gasteiger partial charge in [-0.15, -0.1) is 0 Å². The quantitative estimate of drug-likeness (QED) is 0.520. The molecule has 3 aliphatic rings. The Morgan fingerprint density at radius 3 is 2.67 bits per heavy atom. The first-order valence-electron chi connectivity index (χ1n) is 12.2. The molecule has 30 heavy (non-hydrogen) atoms. The molecule has 170 valence electrons. The van der Waals surface area contributed by atoms with Crippen LogP contribution in [0.25, 0.3) is 0 Å². The maximum atomic E-state index is 10.1. The SMILES string of the molecule is C=C1/C(=C/C=C2\CCC[C@]3(C)[C@@H]([C@H](C)CCCC(C)(C)O)CC[C@@H]23)C[C@H](O)C[C@H]1O. The van der Waals surface area contributed by atoms with Crippen molar-refractivity contribution in [3.8, 4) is 0 Å². The topological polar surface area (TPSA) is 60.7 Å². The van der Waals surface area contributed by atoms with E-state index in [4.69, 9.17) is 0 Å². The monoisotopic (exact) mass is 416 g/mol. The summed E-state index contributed by atoms with van der Waals surface area (Å²) >= 11 is 0. The number of aliphatic hydroxyl groups excluding tert-OH is 2. The minimum atomic E-state index is -0.615. The van der Waals surface area contributed by atoms with Crippen molar-refractivity contribution in [2.75, 3.05) is 0 Å². The molecule has 3 saturated carbocycles. The van der Waals surface area contributed by atoms with Gasteiger partial charge in [-0.1, -0.05) is 51.0 Å². The normalized spacial score (nSPS) is 38.8. The summed E-state index contributed by atoms with van der Waals surface area (Å²) in [6.45, 7) is 12.8. The van der Waals surface area contributed by atoms with E-state index in [0.717, 1.165) is 29.9 Å². The lowest BCUT2D eigenvalue weighted by molar-refractivity contribution is 0.0596.